The molecule has 3 heterocycles. The summed E-state index contributed by atoms with van der Waals surface area (Å²) in [6.07, 6.45) is 3.65. The number of aromatic nitrogens is 3. The van der Waals surface area contributed by atoms with Crippen molar-refractivity contribution in [3.05, 3.63) is 24.5 Å². The number of aromatic amines is 1. The van der Waals surface area contributed by atoms with Crippen molar-refractivity contribution >= 4 is 31.8 Å². The highest BCUT2D eigenvalue weighted by Crippen LogP contribution is 2.29. The summed E-state index contributed by atoms with van der Waals surface area (Å²) in [5, 5.41) is 8.09. The molecule has 0 aliphatic carbocycles. The number of nitrogens with zero attached hydrogens (tertiary/aromatic N) is 2. The Morgan fingerprint density at radius 1 is 1.42 bits per heavy atom. The lowest BCUT2D eigenvalue weighted by atomic mass is 10.3. The van der Waals surface area contributed by atoms with Crippen molar-refractivity contribution in [3.63, 3.8) is 0 Å². The third-order valence-electron chi connectivity index (χ3n) is 1.85. The molecule has 0 aromatic carbocycles. The van der Waals surface area contributed by atoms with Gasteiger partial charge in [-0.1, -0.05) is 0 Å². The van der Waals surface area contributed by atoms with E-state index in [9.17, 15) is 0 Å². The first kappa shape index (κ1) is 6.14. The van der Waals surface area contributed by atoms with Crippen LogP contribution in [0.3, 0.4) is 0 Å². The maximum atomic E-state index is 4.26. The van der Waals surface area contributed by atoms with E-state index >= 15 is 0 Å². The Morgan fingerprint density at radius 3 is 3.42 bits per heavy atom. The molecule has 0 saturated carbocycles. The van der Waals surface area contributed by atoms with Crippen LogP contribution >= 0.6 is 11.3 Å². The Labute approximate surface area is 72.1 Å². The van der Waals surface area contributed by atoms with Crippen LogP contribution in [0.1, 0.15) is 0 Å². The fourth-order valence-corrected chi connectivity index (χ4v) is 2.28. The van der Waals surface area contributed by atoms with Gasteiger partial charge in [-0.15, -0.1) is 11.3 Å². The van der Waals surface area contributed by atoms with E-state index in [0.29, 0.717) is 0 Å². The van der Waals surface area contributed by atoms with Crippen molar-refractivity contribution in [3.8, 4) is 0 Å². The van der Waals surface area contributed by atoms with Gasteiger partial charge in [0.25, 0.3) is 0 Å². The first-order valence-electron chi connectivity index (χ1n) is 3.62. The van der Waals surface area contributed by atoms with Gasteiger partial charge in [0.2, 0.25) is 0 Å². The first-order chi connectivity index (χ1) is 5.95. The number of nitrogens with one attached hydrogen (secondary N) is 1. The number of hydrogen-bond acceptors (Lipinski definition) is 3. The van der Waals surface area contributed by atoms with Crippen LogP contribution in [0.2, 0.25) is 0 Å². The molecule has 0 radical (unpaired) electrons. The standard InChI is InChI=1S/C8H5N3S/c1-2-5-7-6(4-10-11-7)12-8(5)9-3-1/h1-4H,(H,10,11). The minimum Gasteiger partial charge on any atom is -0.276 e. The maximum Gasteiger partial charge on any atom is 0.126 e. The summed E-state index contributed by atoms with van der Waals surface area (Å²) in [6.45, 7) is 0. The highest BCUT2D eigenvalue weighted by Gasteiger charge is 2.05. The van der Waals surface area contributed by atoms with Crippen molar-refractivity contribution in [2.24, 2.45) is 0 Å². The highest BCUT2D eigenvalue weighted by molar-refractivity contribution is 7.25. The topological polar surface area (TPSA) is 41.6 Å². The number of pyridine rings is 1. The van der Waals surface area contributed by atoms with Gasteiger partial charge in [-0.3, -0.25) is 5.10 Å². The fraction of sp³-hybridized carbons (Fsp3) is 0. The summed E-state index contributed by atoms with van der Waals surface area (Å²) in [4.78, 5) is 5.33. The average molecular weight is 175 g/mol. The van der Waals surface area contributed by atoms with E-state index in [0.717, 1.165) is 15.7 Å². The molecule has 0 aliphatic rings. The van der Waals surface area contributed by atoms with E-state index in [1.165, 1.54) is 4.70 Å². The molecule has 0 amide bonds. The first-order valence-corrected chi connectivity index (χ1v) is 4.43. The molecule has 0 fully saturated rings. The van der Waals surface area contributed by atoms with E-state index in [-0.39, 0.29) is 0 Å². The highest BCUT2D eigenvalue weighted by atomic mass is 32.1. The van der Waals surface area contributed by atoms with Crippen LogP contribution in [0.15, 0.2) is 24.5 Å². The minimum atomic E-state index is 1.07. The predicted molar refractivity (Wildman–Crippen MR) is 49.3 cm³/mol. The zero-order valence-corrected chi connectivity index (χ0v) is 6.93. The molecule has 0 bridgehead atoms. The molecule has 3 rings (SSSR count). The average Bonchev–Trinajstić information content (AvgIpc) is 2.62. The predicted octanol–water partition coefficient (Wildman–Crippen LogP) is 2.17. The van der Waals surface area contributed by atoms with Crippen LogP contribution in [0.25, 0.3) is 20.4 Å². The van der Waals surface area contributed by atoms with Gasteiger partial charge in [0, 0.05) is 11.6 Å². The van der Waals surface area contributed by atoms with Gasteiger partial charge in [-0.2, -0.15) is 5.10 Å². The molecular weight excluding hydrogens is 170 g/mol. The number of rotatable bonds is 0. The van der Waals surface area contributed by atoms with Crippen molar-refractivity contribution in [1.29, 1.82) is 0 Å². The number of thiophene rings is 1. The molecule has 3 aromatic rings. The Kier molecular flexibility index (Phi) is 1.04. The summed E-state index contributed by atoms with van der Waals surface area (Å²) >= 11 is 1.66. The summed E-state index contributed by atoms with van der Waals surface area (Å²) in [7, 11) is 0. The molecule has 3 aromatic heterocycles. The SMILES string of the molecule is c1cnc2sc3cn[nH]c3c2c1. The van der Waals surface area contributed by atoms with Crippen LogP contribution in [0.4, 0.5) is 0 Å². The molecule has 4 heteroatoms. The van der Waals surface area contributed by atoms with Crippen LogP contribution in [0, 0.1) is 0 Å². The fourth-order valence-electron chi connectivity index (χ4n) is 1.31. The van der Waals surface area contributed by atoms with Gasteiger partial charge in [0.15, 0.2) is 0 Å². The minimum absolute atomic E-state index is 1.07. The molecule has 12 heavy (non-hydrogen) atoms. The Hall–Kier alpha value is -1.42. The van der Waals surface area contributed by atoms with Gasteiger partial charge < -0.3 is 0 Å². The third kappa shape index (κ3) is 0.648. The lowest BCUT2D eigenvalue weighted by Gasteiger charge is -1.84. The smallest absolute Gasteiger partial charge is 0.126 e. The second-order valence-corrected chi connectivity index (χ2v) is 3.60. The van der Waals surface area contributed by atoms with Gasteiger partial charge in [-0.05, 0) is 12.1 Å². The molecule has 0 atom stereocenters. The van der Waals surface area contributed by atoms with Gasteiger partial charge in [0.1, 0.15) is 4.83 Å². The number of fused-ring (bicyclic) bond motifs is 3. The molecular formula is C8H5N3S. The second-order valence-electron chi connectivity index (χ2n) is 2.57. The zero-order chi connectivity index (χ0) is 7.97. The summed E-state index contributed by atoms with van der Waals surface area (Å²) < 4.78 is 1.17. The summed E-state index contributed by atoms with van der Waals surface area (Å²) in [5.41, 5.74) is 1.10. The number of hydrogen-bond donors (Lipinski definition) is 1. The summed E-state index contributed by atoms with van der Waals surface area (Å²) in [5.74, 6) is 0. The Balaban J connectivity index is 2.68. The zero-order valence-electron chi connectivity index (χ0n) is 6.11. The van der Waals surface area contributed by atoms with Gasteiger partial charge >= 0.3 is 0 Å². The van der Waals surface area contributed by atoms with Crippen LogP contribution in [-0.4, -0.2) is 15.2 Å². The molecule has 1 N–H and O–H groups in total. The normalized spacial score (nSPS) is 11.3. The van der Waals surface area contributed by atoms with Crippen LogP contribution in [-0.2, 0) is 0 Å². The van der Waals surface area contributed by atoms with E-state index in [2.05, 4.69) is 21.2 Å². The monoisotopic (exact) mass is 175 g/mol. The van der Waals surface area contributed by atoms with E-state index < -0.39 is 0 Å². The lowest BCUT2D eigenvalue weighted by molar-refractivity contribution is 1.12. The largest absolute Gasteiger partial charge is 0.276 e. The van der Waals surface area contributed by atoms with Gasteiger partial charge in [0.05, 0.1) is 16.4 Å². The maximum absolute atomic E-state index is 4.26. The molecule has 0 unspecified atom stereocenters. The molecule has 58 valence electrons. The second kappa shape index (κ2) is 2.04. The Morgan fingerprint density at radius 2 is 2.42 bits per heavy atom. The van der Waals surface area contributed by atoms with Crippen LogP contribution < -0.4 is 0 Å². The van der Waals surface area contributed by atoms with Crippen molar-refractivity contribution < 1.29 is 0 Å². The molecule has 0 aliphatic heterocycles. The van der Waals surface area contributed by atoms with Gasteiger partial charge in [-0.25, -0.2) is 4.98 Å². The van der Waals surface area contributed by atoms with Crippen LogP contribution in [0.5, 0.6) is 0 Å². The van der Waals surface area contributed by atoms with Crippen molar-refractivity contribution in [2.45, 2.75) is 0 Å². The van der Waals surface area contributed by atoms with E-state index in [1.807, 2.05) is 18.5 Å². The summed E-state index contributed by atoms with van der Waals surface area (Å²) in [6, 6.07) is 3.99. The number of H-pyrrole nitrogens is 1. The van der Waals surface area contributed by atoms with Crippen molar-refractivity contribution in [2.75, 3.05) is 0 Å². The van der Waals surface area contributed by atoms with E-state index in [4.69, 9.17) is 0 Å². The van der Waals surface area contributed by atoms with E-state index in [1.54, 1.807) is 11.3 Å². The van der Waals surface area contributed by atoms with Crippen molar-refractivity contribution in [1.82, 2.24) is 15.2 Å². The Bertz CT molecular complexity index is 536. The molecule has 3 nitrogen and oxygen atoms in total. The molecule has 0 saturated heterocycles. The third-order valence-corrected chi connectivity index (χ3v) is 2.90. The molecule has 0 spiro atoms. The quantitative estimate of drug-likeness (QED) is 0.569. The lowest BCUT2D eigenvalue weighted by Crippen LogP contribution is -1.70.